The van der Waals surface area contributed by atoms with Crippen molar-refractivity contribution in [3.8, 4) is 0 Å². The Bertz CT molecular complexity index is 497. The Morgan fingerprint density at radius 2 is 2.33 bits per heavy atom. The number of carbonyl (C=O) groups is 1. The Hall–Kier alpha value is -0.950. The second-order valence-corrected chi connectivity index (χ2v) is 8.87. The standard InChI is InChI=1S/C14H22N2O3S2/c1-14(2,3)19-13(17)16-6-4-5-12(8-16)21(18)9-11-7-15-10-20-11/h7,10,12H,4-6,8-9H2,1-3H3. The summed E-state index contributed by atoms with van der Waals surface area (Å²) in [6.45, 7) is 6.76. The average Bonchev–Trinajstić information content (AvgIpc) is 2.90. The quantitative estimate of drug-likeness (QED) is 0.855. The van der Waals surface area contributed by atoms with E-state index < -0.39 is 16.4 Å². The van der Waals surface area contributed by atoms with E-state index in [1.807, 2.05) is 20.8 Å². The van der Waals surface area contributed by atoms with E-state index in [1.54, 1.807) is 16.6 Å². The monoisotopic (exact) mass is 330 g/mol. The van der Waals surface area contributed by atoms with E-state index in [9.17, 15) is 9.00 Å². The van der Waals surface area contributed by atoms with Crippen molar-refractivity contribution in [1.82, 2.24) is 9.88 Å². The molecule has 1 aromatic heterocycles. The molecule has 1 saturated heterocycles. The molecule has 7 heteroatoms. The van der Waals surface area contributed by atoms with Gasteiger partial charge in [-0.2, -0.15) is 0 Å². The summed E-state index contributed by atoms with van der Waals surface area (Å²) >= 11 is 1.52. The minimum absolute atomic E-state index is 0.0216. The average molecular weight is 330 g/mol. The summed E-state index contributed by atoms with van der Waals surface area (Å²) in [6, 6.07) is 0. The van der Waals surface area contributed by atoms with Gasteiger partial charge in [-0.3, -0.25) is 9.19 Å². The number of hydrogen-bond acceptors (Lipinski definition) is 5. The Balaban J connectivity index is 1.91. The van der Waals surface area contributed by atoms with Crippen molar-refractivity contribution in [2.45, 2.75) is 50.2 Å². The molecule has 0 spiro atoms. The van der Waals surface area contributed by atoms with Crippen molar-refractivity contribution < 1.29 is 13.7 Å². The van der Waals surface area contributed by atoms with E-state index in [-0.39, 0.29) is 11.3 Å². The van der Waals surface area contributed by atoms with Gasteiger partial charge in [0.1, 0.15) is 5.60 Å². The van der Waals surface area contributed by atoms with Crippen LogP contribution in [0.15, 0.2) is 11.7 Å². The smallest absolute Gasteiger partial charge is 0.410 e. The number of carbonyl (C=O) groups excluding carboxylic acids is 1. The molecule has 0 N–H and O–H groups in total. The predicted octanol–water partition coefficient (Wildman–Crippen LogP) is 2.79. The Kier molecular flexibility index (Phi) is 5.37. The van der Waals surface area contributed by atoms with Crippen LogP contribution in [0.1, 0.15) is 38.5 Å². The molecule has 0 bridgehead atoms. The molecule has 0 aromatic carbocycles. The van der Waals surface area contributed by atoms with Crippen LogP contribution in [0.3, 0.4) is 0 Å². The van der Waals surface area contributed by atoms with Crippen molar-refractivity contribution in [3.05, 3.63) is 16.6 Å². The first-order valence-electron chi connectivity index (χ1n) is 7.07. The van der Waals surface area contributed by atoms with Crippen LogP contribution in [0, 0.1) is 0 Å². The highest BCUT2D eigenvalue weighted by Crippen LogP contribution is 2.21. The summed E-state index contributed by atoms with van der Waals surface area (Å²) < 4.78 is 17.8. The maximum atomic E-state index is 12.4. The molecular weight excluding hydrogens is 308 g/mol. The summed E-state index contributed by atoms with van der Waals surface area (Å²) in [5.74, 6) is 0.525. The van der Waals surface area contributed by atoms with E-state index >= 15 is 0 Å². The van der Waals surface area contributed by atoms with Crippen molar-refractivity contribution in [2.24, 2.45) is 0 Å². The zero-order chi connectivity index (χ0) is 15.5. The summed E-state index contributed by atoms with van der Waals surface area (Å²) in [7, 11) is -0.975. The maximum absolute atomic E-state index is 12.4. The highest BCUT2D eigenvalue weighted by Gasteiger charge is 2.30. The van der Waals surface area contributed by atoms with E-state index in [1.165, 1.54) is 11.3 Å². The van der Waals surface area contributed by atoms with Crippen LogP contribution in [0.4, 0.5) is 4.79 Å². The molecule has 2 rings (SSSR count). The first-order chi connectivity index (χ1) is 9.85. The predicted molar refractivity (Wildman–Crippen MR) is 84.8 cm³/mol. The van der Waals surface area contributed by atoms with Gasteiger partial charge in [0, 0.05) is 35.0 Å². The number of ether oxygens (including phenoxy) is 1. The van der Waals surface area contributed by atoms with E-state index in [4.69, 9.17) is 4.74 Å². The number of piperidine rings is 1. The maximum Gasteiger partial charge on any atom is 0.410 e. The lowest BCUT2D eigenvalue weighted by atomic mass is 10.1. The molecule has 1 aliphatic heterocycles. The highest BCUT2D eigenvalue weighted by atomic mass is 32.2. The molecule has 0 saturated carbocycles. The number of amides is 1. The lowest BCUT2D eigenvalue weighted by molar-refractivity contribution is 0.0219. The van der Waals surface area contributed by atoms with Crippen molar-refractivity contribution in [2.75, 3.05) is 13.1 Å². The molecule has 1 fully saturated rings. The topological polar surface area (TPSA) is 59.5 Å². The van der Waals surface area contributed by atoms with Gasteiger partial charge in [-0.15, -0.1) is 11.3 Å². The van der Waals surface area contributed by atoms with Gasteiger partial charge >= 0.3 is 6.09 Å². The zero-order valence-electron chi connectivity index (χ0n) is 12.7. The van der Waals surface area contributed by atoms with Crippen LogP contribution in [-0.4, -0.2) is 44.1 Å². The van der Waals surface area contributed by atoms with Crippen LogP contribution in [0.5, 0.6) is 0 Å². The fourth-order valence-corrected chi connectivity index (χ4v) is 4.58. The molecule has 1 aromatic rings. The minimum Gasteiger partial charge on any atom is -0.444 e. The molecule has 118 valence electrons. The van der Waals surface area contributed by atoms with Crippen molar-refractivity contribution >= 4 is 28.2 Å². The van der Waals surface area contributed by atoms with Gasteiger partial charge in [0.05, 0.1) is 16.5 Å². The number of rotatable bonds is 3. The van der Waals surface area contributed by atoms with Crippen LogP contribution in [0.25, 0.3) is 0 Å². The van der Waals surface area contributed by atoms with Gasteiger partial charge < -0.3 is 9.64 Å². The minimum atomic E-state index is -0.975. The third kappa shape index (κ3) is 5.07. The number of hydrogen-bond donors (Lipinski definition) is 0. The van der Waals surface area contributed by atoms with Crippen LogP contribution < -0.4 is 0 Å². The van der Waals surface area contributed by atoms with Gasteiger partial charge in [0.2, 0.25) is 0 Å². The molecule has 1 amide bonds. The van der Waals surface area contributed by atoms with E-state index in [0.29, 0.717) is 18.8 Å². The second kappa shape index (κ2) is 6.87. The largest absolute Gasteiger partial charge is 0.444 e. The molecule has 0 aliphatic carbocycles. The van der Waals surface area contributed by atoms with Crippen LogP contribution in [0.2, 0.25) is 0 Å². The molecule has 0 radical (unpaired) electrons. The molecular formula is C14H22N2O3S2. The Morgan fingerprint density at radius 1 is 1.57 bits per heavy atom. The number of thiazole rings is 1. The molecule has 1 aliphatic rings. The summed E-state index contributed by atoms with van der Waals surface area (Å²) in [5.41, 5.74) is 1.26. The SMILES string of the molecule is CC(C)(C)OC(=O)N1CCCC(S(=O)Cc2cncs2)C1. The fraction of sp³-hybridized carbons (Fsp3) is 0.714. The molecule has 2 unspecified atom stereocenters. The third-order valence-corrected chi connectivity index (χ3v) is 5.86. The molecule has 21 heavy (non-hydrogen) atoms. The van der Waals surface area contributed by atoms with E-state index in [0.717, 1.165) is 17.7 Å². The lowest BCUT2D eigenvalue weighted by Gasteiger charge is -2.33. The zero-order valence-corrected chi connectivity index (χ0v) is 14.3. The van der Waals surface area contributed by atoms with Gasteiger partial charge in [-0.1, -0.05) is 0 Å². The highest BCUT2D eigenvalue weighted by molar-refractivity contribution is 7.85. The fourth-order valence-electron chi connectivity index (χ4n) is 2.22. The van der Waals surface area contributed by atoms with Crippen LogP contribution in [-0.2, 0) is 21.3 Å². The Morgan fingerprint density at radius 3 is 2.95 bits per heavy atom. The van der Waals surface area contributed by atoms with Gasteiger partial charge in [-0.25, -0.2) is 4.79 Å². The lowest BCUT2D eigenvalue weighted by Crippen LogP contribution is -2.46. The summed E-state index contributed by atoms with van der Waals surface area (Å²) in [6.07, 6.45) is 3.22. The first kappa shape index (κ1) is 16.4. The first-order valence-corrected chi connectivity index (χ1v) is 9.34. The molecule has 2 heterocycles. The summed E-state index contributed by atoms with van der Waals surface area (Å²) in [5, 5.41) is 0.0216. The van der Waals surface area contributed by atoms with Gasteiger partial charge in [0.25, 0.3) is 0 Å². The van der Waals surface area contributed by atoms with Crippen molar-refractivity contribution in [3.63, 3.8) is 0 Å². The number of nitrogens with zero attached hydrogens (tertiary/aromatic N) is 2. The molecule has 5 nitrogen and oxygen atoms in total. The Labute approximate surface area is 132 Å². The number of likely N-dealkylation sites (tertiary alicyclic amines) is 1. The summed E-state index contributed by atoms with van der Waals surface area (Å²) in [4.78, 5) is 18.8. The van der Waals surface area contributed by atoms with Gasteiger partial charge in [-0.05, 0) is 33.6 Å². The normalized spacial score (nSPS) is 21.1. The second-order valence-electron chi connectivity index (χ2n) is 6.18. The van der Waals surface area contributed by atoms with Crippen LogP contribution >= 0.6 is 11.3 Å². The molecule has 2 atom stereocenters. The van der Waals surface area contributed by atoms with E-state index in [2.05, 4.69) is 4.98 Å². The third-order valence-electron chi connectivity index (χ3n) is 3.17. The van der Waals surface area contributed by atoms with Crippen molar-refractivity contribution in [1.29, 1.82) is 0 Å². The van der Waals surface area contributed by atoms with Gasteiger partial charge in [0.15, 0.2) is 0 Å². The number of aromatic nitrogens is 1.